The van der Waals surface area contributed by atoms with Gasteiger partial charge in [-0.3, -0.25) is 9.69 Å². The minimum Gasteiger partial charge on any atom is -0.467 e. The lowest BCUT2D eigenvalue weighted by molar-refractivity contribution is -0.123. The second kappa shape index (κ2) is 7.60. The van der Waals surface area contributed by atoms with Crippen LogP contribution in [0.4, 0.5) is 0 Å². The van der Waals surface area contributed by atoms with Crippen molar-refractivity contribution in [2.75, 3.05) is 19.6 Å². The maximum absolute atomic E-state index is 12.4. The van der Waals surface area contributed by atoms with E-state index in [-0.39, 0.29) is 11.9 Å². The first-order valence-corrected chi connectivity index (χ1v) is 9.91. The molecule has 0 saturated carbocycles. The Morgan fingerprint density at radius 2 is 2.27 bits per heavy atom. The molecule has 1 amide bonds. The summed E-state index contributed by atoms with van der Waals surface area (Å²) in [6.45, 7) is 4.22. The Kier molecular flexibility index (Phi) is 5.04. The summed E-state index contributed by atoms with van der Waals surface area (Å²) in [7, 11) is 0. The summed E-state index contributed by atoms with van der Waals surface area (Å²) in [6.07, 6.45) is 3.87. The molecular formula is C20H23N3O2S. The van der Waals surface area contributed by atoms with Crippen LogP contribution in [0.2, 0.25) is 0 Å². The summed E-state index contributed by atoms with van der Waals surface area (Å²) in [5.74, 6) is 1.24. The van der Waals surface area contributed by atoms with Gasteiger partial charge in [0.1, 0.15) is 5.76 Å². The summed E-state index contributed by atoms with van der Waals surface area (Å²) in [6, 6.07) is 11.9. The smallest absolute Gasteiger partial charge is 0.234 e. The second-order valence-corrected chi connectivity index (χ2v) is 7.96. The molecule has 0 radical (unpaired) electrons. The van der Waals surface area contributed by atoms with Crippen LogP contribution in [0.15, 0.2) is 47.1 Å². The molecule has 5 nitrogen and oxygen atoms in total. The normalized spacial score (nSPS) is 19.5. The number of nitrogens with one attached hydrogen (secondary N) is 1. The van der Waals surface area contributed by atoms with E-state index in [4.69, 9.17) is 9.40 Å². The van der Waals surface area contributed by atoms with E-state index in [9.17, 15) is 4.79 Å². The minimum absolute atomic E-state index is 0.0406. The Labute approximate surface area is 157 Å². The van der Waals surface area contributed by atoms with E-state index in [1.165, 1.54) is 9.71 Å². The van der Waals surface area contributed by atoms with E-state index >= 15 is 0 Å². The molecule has 1 aromatic carbocycles. The molecule has 136 valence electrons. The fourth-order valence-electron chi connectivity index (χ4n) is 3.56. The zero-order chi connectivity index (χ0) is 17.9. The number of piperidine rings is 1. The SMILES string of the molecule is C[C@@H](NC(=O)CN1CCC[C@H](c2nc3ccccc3s2)C1)c1ccco1. The molecule has 0 aliphatic carbocycles. The third-order valence-corrected chi connectivity index (χ3v) is 6.08. The third kappa shape index (κ3) is 3.81. The molecule has 6 heteroatoms. The Balaban J connectivity index is 1.36. The van der Waals surface area contributed by atoms with Crippen molar-refractivity contribution >= 4 is 27.5 Å². The lowest BCUT2D eigenvalue weighted by atomic mass is 9.99. The van der Waals surface area contributed by atoms with E-state index in [1.807, 2.05) is 25.1 Å². The molecular weight excluding hydrogens is 346 g/mol. The zero-order valence-corrected chi connectivity index (χ0v) is 15.7. The molecule has 3 heterocycles. The van der Waals surface area contributed by atoms with Crippen molar-refractivity contribution in [2.24, 2.45) is 0 Å². The van der Waals surface area contributed by atoms with Crippen LogP contribution in [0.1, 0.15) is 42.5 Å². The number of aromatic nitrogens is 1. The summed E-state index contributed by atoms with van der Waals surface area (Å²) in [4.78, 5) is 19.4. The second-order valence-electron chi connectivity index (χ2n) is 6.90. The Bertz CT molecular complexity index is 841. The predicted octanol–water partition coefficient (Wildman–Crippen LogP) is 3.95. The van der Waals surface area contributed by atoms with E-state index in [1.54, 1.807) is 17.6 Å². The third-order valence-electron chi connectivity index (χ3n) is 4.88. The van der Waals surface area contributed by atoms with E-state index in [0.717, 1.165) is 37.2 Å². The summed E-state index contributed by atoms with van der Waals surface area (Å²) in [5.41, 5.74) is 1.08. The number of thiazole rings is 1. The number of furan rings is 1. The fraction of sp³-hybridized carbons (Fsp3) is 0.400. The number of amides is 1. The van der Waals surface area contributed by atoms with Crippen LogP contribution in [-0.4, -0.2) is 35.4 Å². The average molecular weight is 369 g/mol. The minimum atomic E-state index is -0.109. The number of likely N-dealkylation sites (tertiary alicyclic amines) is 1. The number of hydrogen-bond donors (Lipinski definition) is 1. The Morgan fingerprint density at radius 3 is 3.08 bits per heavy atom. The van der Waals surface area contributed by atoms with E-state index in [2.05, 4.69) is 28.4 Å². The molecule has 3 aromatic rings. The van der Waals surface area contributed by atoms with Crippen molar-refractivity contribution in [1.29, 1.82) is 0 Å². The molecule has 2 atom stereocenters. The van der Waals surface area contributed by atoms with Crippen LogP contribution in [-0.2, 0) is 4.79 Å². The Hall–Kier alpha value is -2.18. The highest BCUT2D eigenvalue weighted by Crippen LogP contribution is 2.32. The van der Waals surface area contributed by atoms with Crippen molar-refractivity contribution < 1.29 is 9.21 Å². The standard InChI is InChI=1S/C20H23N3O2S/c1-14(17-8-5-11-25-17)21-19(24)13-23-10-4-6-15(12-23)20-22-16-7-2-3-9-18(16)26-20/h2-3,5,7-9,11,14-15H,4,6,10,12-13H2,1H3,(H,21,24)/t14-,15+/m1/s1. The monoisotopic (exact) mass is 369 g/mol. The van der Waals surface area contributed by atoms with E-state index < -0.39 is 0 Å². The molecule has 1 fully saturated rings. The maximum Gasteiger partial charge on any atom is 0.234 e. The highest BCUT2D eigenvalue weighted by Gasteiger charge is 2.25. The lowest BCUT2D eigenvalue weighted by Gasteiger charge is -2.31. The zero-order valence-electron chi connectivity index (χ0n) is 14.9. The summed E-state index contributed by atoms with van der Waals surface area (Å²) < 4.78 is 6.60. The van der Waals surface area contributed by atoms with Crippen molar-refractivity contribution in [3.8, 4) is 0 Å². The van der Waals surface area contributed by atoms with Gasteiger partial charge >= 0.3 is 0 Å². The van der Waals surface area contributed by atoms with Crippen molar-refractivity contribution in [1.82, 2.24) is 15.2 Å². The van der Waals surface area contributed by atoms with Gasteiger partial charge in [-0.15, -0.1) is 11.3 Å². The van der Waals surface area contributed by atoms with Crippen LogP contribution in [0.25, 0.3) is 10.2 Å². The molecule has 0 spiro atoms. The van der Waals surface area contributed by atoms with Crippen LogP contribution < -0.4 is 5.32 Å². The van der Waals surface area contributed by atoms with Gasteiger partial charge in [-0.05, 0) is 50.6 Å². The number of para-hydroxylation sites is 1. The van der Waals surface area contributed by atoms with Crippen molar-refractivity contribution in [3.05, 3.63) is 53.4 Å². The molecule has 2 aromatic heterocycles. The van der Waals surface area contributed by atoms with Crippen LogP contribution in [0.5, 0.6) is 0 Å². The fourth-order valence-corrected chi connectivity index (χ4v) is 4.66. The first kappa shape index (κ1) is 17.2. The first-order chi connectivity index (χ1) is 12.7. The number of carbonyl (C=O) groups is 1. The molecule has 1 saturated heterocycles. The number of nitrogens with zero attached hydrogens (tertiary/aromatic N) is 2. The van der Waals surface area contributed by atoms with Gasteiger partial charge in [0.05, 0.1) is 34.1 Å². The maximum atomic E-state index is 12.4. The number of fused-ring (bicyclic) bond motifs is 1. The first-order valence-electron chi connectivity index (χ1n) is 9.09. The molecule has 0 bridgehead atoms. The van der Waals surface area contributed by atoms with Crippen LogP contribution >= 0.6 is 11.3 Å². The van der Waals surface area contributed by atoms with Crippen molar-refractivity contribution in [2.45, 2.75) is 31.7 Å². The number of hydrogen-bond acceptors (Lipinski definition) is 5. The molecule has 26 heavy (non-hydrogen) atoms. The van der Waals surface area contributed by atoms with Gasteiger partial charge in [0, 0.05) is 12.5 Å². The van der Waals surface area contributed by atoms with Crippen molar-refractivity contribution in [3.63, 3.8) is 0 Å². The van der Waals surface area contributed by atoms with Gasteiger partial charge in [-0.2, -0.15) is 0 Å². The van der Waals surface area contributed by atoms with Gasteiger partial charge in [0.2, 0.25) is 5.91 Å². The topological polar surface area (TPSA) is 58.4 Å². The summed E-state index contributed by atoms with van der Waals surface area (Å²) in [5, 5.41) is 4.21. The lowest BCUT2D eigenvalue weighted by Crippen LogP contribution is -2.42. The van der Waals surface area contributed by atoms with Crippen LogP contribution in [0.3, 0.4) is 0 Å². The van der Waals surface area contributed by atoms with Gasteiger partial charge in [-0.1, -0.05) is 12.1 Å². The highest BCUT2D eigenvalue weighted by atomic mass is 32.1. The quantitative estimate of drug-likeness (QED) is 0.740. The number of carbonyl (C=O) groups excluding carboxylic acids is 1. The molecule has 0 unspecified atom stereocenters. The van der Waals surface area contributed by atoms with Gasteiger partial charge in [-0.25, -0.2) is 4.98 Å². The molecule has 1 N–H and O–H groups in total. The van der Waals surface area contributed by atoms with Gasteiger partial charge in [0.25, 0.3) is 0 Å². The molecule has 1 aliphatic heterocycles. The van der Waals surface area contributed by atoms with Gasteiger partial charge < -0.3 is 9.73 Å². The molecule has 1 aliphatic rings. The van der Waals surface area contributed by atoms with Crippen LogP contribution in [0, 0.1) is 0 Å². The van der Waals surface area contributed by atoms with E-state index in [0.29, 0.717) is 12.5 Å². The predicted molar refractivity (Wildman–Crippen MR) is 103 cm³/mol. The number of rotatable bonds is 5. The average Bonchev–Trinajstić information content (AvgIpc) is 3.31. The number of benzene rings is 1. The summed E-state index contributed by atoms with van der Waals surface area (Å²) >= 11 is 1.78. The largest absolute Gasteiger partial charge is 0.467 e. The van der Waals surface area contributed by atoms with Gasteiger partial charge in [0.15, 0.2) is 0 Å². The molecule has 4 rings (SSSR count). The Morgan fingerprint density at radius 1 is 1.38 bits per heavy atom. The highest BCUT2D eigenvalue weighted by molar-refractivity contribution is 7.18.